The van der Waals surface area contributed by atoms with Crippen molar-refractivity contribution < 1.29 is 19.5 Å². The normalized spacial score (nSPS) is 13.4. The van der Waals surface area contributed by atoms with Gasteiger partial charge in [0.2, 0.25) is 11.0 Å². The summed E-state index contributed by atoms with van der Waals surface area (Å²) in [6, 6.07) is 8.69. The molecule has 5 nitrogen and oxygen atoms in total. The second-order valence-electron chi connectivity index (χ2n) is 5.76. The molecule has 23 heavy (non-hydrogen) atoms. The van der Waals surface area contributed by atoms with Crippen molar-refractivity contribution in [3.8, 4) is 0 Å². The number of amides is 1. The lowest BCUT2D eigenvalue weighted by Crippen LogP contribution is -2.33. The standard InChI is InChI=1S/C17H23NO4S/c1-11(2)9-13(16(20)21)14(10-15(19)18-3)23-17(22)12-7-5-4-6-8-12/h4-8,11,13-14H,9-10H2,1-3H3,(H,18,19)(H,20,21). The number of rotatable bonds is 8. The van der Waals surface area contributed by atoms with Gasteiger partial charge in [-0.2, -0.15) is 0 Å². The van der Waals surface area contributed by atoms with E-state index < -0.39 is 17.1 Å². The first-order valence-electron chi connectivity index (χ1n) is 7.54. The van der Waals surface area contributed by atoms with Gasteiger partial charge < -0.3 is 10.4 Å². The Morgan fingerprint density at radius 1 is 1.17 bits per heavy atom. The van der Waals surface area contributed by atoms with Crippen LogP contribution in [-0.4, -0.2) is 34.4 Å². The maximum absolute atomic E-state index is 12.4. The number of carbonyl (C=O) groups excluding carboxylic acids is 2. The lowest BCUT2D eigenvalue weighted by Gasteiger charge is -2.23. The Labute approximate surface area is 140 Å². The highest BCUT2D eigenvalue weighted by atomic mass is 32.2. The Balaban J connectivity index is 2.96. The highest BCUT2D eigenvalue weighted by Crippen LogP contribution is 2.31. The van der Waals surface area contributed by atoms with Crippen molar-refractivity contribution in [3.05, 3.63) is 35.9 Å². The summed E-state index contributed by atoms with van der Waals surface area (Å²) >= 11 is 0.939. The second-order valence-corrected chi connectivity index (χ2v) is 6.97. The van der Waals surface area contributed by atoms with Gasteiger partial charge in [0, 0.05) is 24.3 Å². The Kier molecular flexibility index (Phi) is 7.81. The van der Waals surface area contributed by atoms with Gasteiger partial charge in [-0.15, -0.1) is 0 Å². The highest BCUT2D eigenvalue weighted by Gasteiger charge is 2.33. The van der Waals surface area contributed by atoms with Gasteiger partial charge >= 0.3 is 5.97 Å². The fraction of sp³-hybridized carbons (Fsp3) is 0.471. The quantitative estimate of drug-likeness (QED) is 0.762. The van der Waals surface area contributed by atoms with Gasteiger partial charge in [0.1, 0.15) is 0 Å². The van der Waals surface area contributed by atoms with Crippen LogP contribution in [0.3, 0.4) is 0 Å². The third-order valence-corrected chi connectivity index (χ3v) is 4.67. The predicted octanol–water partition coefficient (Wildman–Crippen LogP) is 2.81. The molecule has 0 heterocycles. The third kappa shape index (κ3) is 6.44. The number of benzene rings is 1. The molecule has 0 saturated heterocycles. The van der Waals surface area contributed by atoms with Crippen molar-refractivity contribution in [1.82, 2.24) is 5.32 Å². The Morgan fingerprint density at radius 3 is 2.26 bits per heavy atom. The zero-order chi connectivity index (χ0) is 17.4. The van der Waals surface area contributed by atoms with Crippen LogP contribution in [0.1, 0.15) is 37.0 Å². The number of hydrogen-bond acceptors (Lipinski definition) is 4. The molecular formula is C17H23NO4S. The monoisotopic (exact) mass is 337 g/mol. The topological polar surface area (TPSA) is 83.5 Å². The molecule has 0 aromatic heterocycles. The summed E-state index contributed by atoms with van der Waals surface area (Å²) in [6.45, 7) is 3.85. The van der Waals surface area contributed by atoms with Crippen LogP contribution in [-0.2, 0) is 9.59 Å². The number of carbonyl (C=O) groups is 3. The van der Waals surface area contributed by atoms with Crippen molar-refractivity contribution in [1.29, 1.82) is 0 Å². The van der Waals surface area contributed by atoms with E-state index >= 15 is 0 Å². The molecule has 1 aromatic rings. The number of carboxylic acids is 1. The predicted molar refractivity (Wildman–Crippen MR) is 91.4 cm³/mol. The van der Waals surface area contributed by atoms with Crippen LogP contribution in [0.15, 0.2) is 30.3 Å². The molecule has 2 unspecified atom stereocenters. The summed E-state index contributed by atoms with van der Waals surface area (Å²) in [5.74, 6) is -1.82. The fourth-order valence-corrected chi connectivity index (χ4v) is 3.42. The molecule has 2 atom stereocenters. The number of aliphatic carboxylic acids is 1. The molecule has 0 bridgehead atoms. The Morgan fingerprint density at radius 2 is 1.78 bits per heavy atom. The Hall–Kier alpha value is -1.82. The average molecular weight is 337 g/mol. The van der Waals surface area contributed by atoms with E-state index in [0.717, 1.165) is 11.8 Å². The maximum atomic E-state index is 12.4. The first-order chi connectivity index (χ1) is 10.8. The molecule has 6 heteroatoms. The summed E-state index contributed by atoms with van der Waals surface area (Å²) in [5, 5.41) is 11.2. The van der Waals surface area contributed by atoms with Gasteiger partial charge in [-0.1, -0.05) is 55.9 Å². The van der Waals surface area contributed by atoms with E-state index in [9.17, 15) is 19.5 Å². The van der Waals surface area contributed by atoms with E-state index in [1.165, 1.54) is 7.05 Å². The number of hydrogen-bond donors (Lipinski definition) is 2. The molecule has 1 amide bonds. The smallest absolute Gasteiger partial charge is 0.307 e. The minimum absolute atomic E-state index is 0.00340. The van der Waals surface area contributed by atoms with Gasteiger partial charge in [-0.05, 0) is 12.3 Å². The summed E-state index contributed by atoms with van der Waals surface area (Å²) < 4.78 is 0. The van der Waals surface area contributed by atoms with Gasteiger partial charge in [0.05, 0.1) is 5.92 Å². The van der Waals surface area contributed by atoms with Gasteiger partial charge in [0.15, 0.2) is 0 Å². The number of nitrogens with one attached hydrogen (secondary N) is 1. The maximum Gasteiger partial charge on any atom is 0.307 e. The van der Waals surface area contributed by atoms with Crippen LogP contribution in [0.2, 0.25) is 0 Å². The van der Waals surface area contributed by atoms with E-state index in [-0.39, 0.29) is 23.4 Å². The summed E-state index contributed by atoms with van der Waals surface area (Å²) in [7, 11) is 1.50. The molecule has 0 aliphatic rings. The minimum atomic E-state index is -0.971. The fourth-order valence-electron chi connectivity index (χ4n) is 2.25. The molecule has 0 aliphatic heterocycles. The van der Waals surface area contributed by atoms with Gasteiger partial charge in [-0.3, -0.25) is 14.4 Å². The zero-order valence-electron chi connectivity index (χ0n) is 13.6. The molecule has 1 aromatic carbocycles. The average Bonchev–Trinajstić information content (AvgIpc) is 2.52. The molecule has 0 fully saturated rings. The SMILES string of the molecule is CNC(=O)CC(SC(=O)c1ccccc1)C(CC(C)C)C(=O)O. The van der Waals surface area contributed by atoms with Crippen LogP contribution in [0.5, 0.6) is 0 Å². The van der Waals surface area contributed by atoms with Crippen molar-refractivity contribution in [2.75, 3.05) is 7.05 Å². The Bertz CT molecular complexity index is 545. The van der Waals surface area contributed by atoms with Crippen molar-refractivity contribution in [2.45, 2.75) is 31.9 Å². The zero-order valence-corrected chi connectivity index (χ0v) is 14.4. The largest absolute Gasteiger partial charge is 0.481 e. The summed E-state index contributed by atoms with van der Waals surface area (Å²) in [5.41, 5.74) is 0.507. The van der Waals surface area contributed by atoms with Crippen LogP contribution >= 0.6 is 11.8 Å². The lowest BCUT2D eigenvalue weighted by molar-refractivity contribution is -0.142. The summed E-state index contributed by atoms with van der Waals surface area (Å²) in [4.78, 5) is 35.7. The lowest BCUT2D eigenvalue weighted by atomic mass is 9.92. The number of thioether (sulfide) groups is 1. The number of carboxylic acid groups (broad SMARTS) is 1. The molecule has 0 saturated carbocycles. The summed E-state index contributed by atoms with van der Waals surface area (Å²) in [6.07, 6.45) is 0.426. The van der Waals surface area contributed by atoms with Crippen LogP contribution in [0.4, 0.5) is 0 Å². The highest BCUT2D eigenvalue weighted by molar-refractivity contribution is 8.14. The van der Waals surface area contributed by atoms with Crippen molar-refractivity contribution >= 4 is 28.8 Å². The van der Waals surface area contributed by atoms with Crippen molar-refractivity contribution in [3.63, 3.8) is 0 Å². The molecule has 0 spiro atoms. The van der Waals surface area contributed by atoms with Gasteiger partial charge in [-0.25, -0.2) is 0 Å². The van der Waals surface area contributed by atoms with E-state index in [1.807, 2.05) is 19.9 Å². The first-order valence-corrected chi connectivity index (χ1v) is 8.42. The molecule has 126 valence electrons. The molecule has 1 rings (SSSR count). The van der Waals surface area contributed by atoms with Crippen LogP contribution in [0.25, 0.3) is 0 Å². The van der Waals surface area contributed by atoms with E-state index in [1.54, 1.807) is 24.3 Å². The van der Waals surface area contributed by atoms with E-state index in [0.29, 0.717) is 12.0 Å². The second kappa shape index (κ2) is 9.35. The molecule has 0 aliphatic carbocycles. The minimum Gasteiger partial charge on any atom is -0.481 e. The van der Waals surface area contributed by atoms with E-state index in [2.05, 4.69) is 5.32 Å². The van der Waals surface area contributed by atoms with E-state index in [4.69, 9.17) is 0 Å². The molecular weight excluding hydrogens is 314 g/mol. The third-order valence-electron chi connectivity index (χ3n) is 3.42. The van der Waals surface area contributed by atoms with Crippen LogP contribution < -0.4 is 5.32 Å². The van der Waals surface area contributed by atoms with Gasteiger partial charge in [0.25, 0.3) is 0 Å². The van der Waals surface area contributed by atoms with Crippen molar-refractivity contribution in [2.24, 2.45) is 11.8 Å². The van der Waals surface area contributed by atoms with Crippen LogP contribution in [0, 0.1) is 11.8 Å². The molecule has 2 N–H and O–H groups in total. The molecule has 0 radical (unpaired) electrons. The first kappa shape index (κ1) is 19.2.